The van der Waals surface area contributed by atoms with E-state index in [1.807, 2.05) is 29.2 Å². The van der Waals surface area contributed by atoms with Crippen molar-refractivity contribution < 1.29 is 13.2 Å². The molecule has 4 rings (SSSR count). The number of fused-ring (bicyclic) bond motifs is 1. The lowest BCUT2D eigenvalue weighted by atomic mass is 9.98. The molecule has 6 heteroatoms. The molecule has 0 spiro atoms. The lowest BCUT2D eigenvalue weighted by Crippen LogP contribution is -2.37. The molecule has 2 aromatic carbocycles. The first-order chi connectivity index (χ1) is 13.0. The quantitative estimate of drug-likeness (QED) is 0.816. The van der Waals surface area contributed by atoms with Gasteiger partial charge < -0.3 is 4.90 Å². The summed E-state index contributed by atoms with van der Waals surface area (Å²) in [4.78, 5) is 14.7. The molecular weight excluding hydrogens is 360 g/mol. The second-order valence-electron chi connectivity index (χ2n) is 7.45. The molecule has 0 aromatic heterocycles. The van der Waals surface area contributed by atoms with Crippen molar-refractivity contribution in [2.45, 2.75) is 31.1 Å². The summed E-state index contributed by atoms with van der Waals surface area (Å²) in [5, 5.41) is 0. The van der Waals surface area contributed by atoms with E-state index in [2.05, 4.69) is 6.92 Å². The third-order valence-electron chi connectivity index (χ3n) is 5.60. The molecule has 0 radical (unpaired) electrons. The third-order valence-corrected chi connectivity index (χ3v) is 7.43. The number of benzene rings is 2. The number of rotatable bonds is 3. The molecule has 0 atom stereocenters. The summed E-state index contributed by atoms with van der Waals surface area (Å²) in [5.41, 5.74) is 2.35. The average molecular weight is 385 g/mol. The number of hydrogen-bond acceptors (Lipinski definition) is 3. The number of sulfonamides is 1. The van der Waals surface area contributed by atoms with Crippen molar-refractivity contribution in [3.8, 4) is 0 Å². The van der Waals surface area contributed by atoms with E-state index in [-0.39, 0.29) is 10.8 Å². The summed E-state index contributed by atoms with van der Waals surface area (Å²) >= 11 is 0. The van der Waals surface area contributed by atoms with Gasteiger partial charge in [-0.3, -0.25) is 9.10 Å². The highest BCUT2D eigenvalue weighted by molar-refractivity contribution is 7.92. The lowest BCUT2D eigenvalue weighted by Gasteiger charge is -2.30. The van der Waals surface area contributed by atoms with Crippen molar-refractivity contribution in [2.75, 3.05) is 23.9 Å². The van der Waals surface area contributed by atoms with Gasteiger partial charge >= 0.3 is 0 Å². The molecule has 0 N–H and O–H groups in total. The Labute approximate surface area is 160 Å². The number of hydrogen-bond donors (Lipinski definition) is 0. The standard InChI is InChI=1S/C21H24N2O3S/c1-16-10-13-22(14-11-16)21(24)18-6-8-19(9-7-18)27(25,26)23-15-12-17-4-2-3-5-20(17)23/h2-9,16H,10-15H2,1H3. The van der Waals surface area contributed by atoms with Gasteiger partial charge in [0.05, 0.1) is 10.6 Å². The fraction of sp³-hybridized carbons (Fsp3) is 0.381. The van der Waals surface area contributed by atoms with Crippen LogP contribution in [0.3, 0.4) is 0 Å². The SMILES string of the molecule is CC1CCN(C(=O)c2ccc(S(=O)(=O)N3CCc4ccccc43)cc2)CC1. The Hall–Kier alpha value is -2.34. The molecule has 2 aliphatic rings. The zero-order valence-corrected chi connectivity index (χ0v) is 16.3. The van der Waals surface area contributed by atoms with Gasteiger partial charge in [0.1, 0.15) is 0 Å². The van der Waals surface area contributed by atoms with Crippen LogP contribution in [0.25, 0.3) is 0 Å². The number of para-hydroxylation sites is 1. The molecule has 27 heavy (non-hydrogen) atoms. The lowest BCUT2D eigenvalue weighted by molar-refractivity contribution is 0.0697. The molecule has 0 saturated carbocycles. The van der Waals surface area contributed by atoms with E-state index < -0.39 is 10.0 Å². The Balaban J connectivity index is 1.55. The molecule has 1 fully saturated rings. The van der Waals surface area contributed by atoms with Crippen molar-refractivity contribution >= 4 is 21.6 Å². The van der Waals surface area contributed by atoms with Crippen LogP contribution in [-0.2, 0) is 16.4 Å². The summed E-state index contributed by atoms with van der Waals surface area (Å²) in [5.74, 6) is 0.641. The minimum atomic E-state index is -3.62. The summed E-state index contributed by atoms with van der Waals surface area (Å²) in [6.45, 7) is 4.20. The van der Waals surface area contributed by atoms with E-state index in [1.54, 1.807) is 24.3 Å². The van der Waals surface area contributed by atoms with Crippen LogP contribution in [0.1, 0.15) is 35.7 Å². The second kappa shape index (κ2) is 7.00. The maximum absolute atomic E-state index is 13.0. The van der Waals surface area contributed by atoms with Gasteiger partial charge in [-0.15, -0.1) is 0 Å². The van der Waals surface area contributed by atoms with Crippen LogP contribution in [0.2, 0.25) is 0 Å². The van der Waals surface area contributed by atoms with Crippen molar-refractivity contribution in [2.24, 2.45) is 5.92 Å². The molecule has 2 heterocycles. The molecule has 142 valence electrons. The Morgan fingerprint density at radius 3 is 2.33 bits per heavy atom. The van der Waals surface area contributed by atoms with Gasteiger partial charge in [0.15, 0.2) is 0 Å². The molecule has 2 aliphatic heterocycles. The summed E-state index contributed by atoms with van der Waals surface area (Å²) in [6, 6.07) is 14.0. The average Bonchev–Trinajstić information content (AvgIpc) is 3.13. The first kappa shape index (κ1) is 18.0. The van der Waals surface area contributed by atoms with E-state index in [0.717, 1.165) is 43.6 Å². The fourth-order valence-corrected chi connectivity index (χ4v) is 5.35. The number of carbonyl (C=O) groups is 1. The fourth-order valence-electron chi connectivity index (χ4n) is 3.85. The minimum absolute atomic E-state index is 0.0163. The summed E-state index contributed by atoms with van der Waals surface area (Å²) < 4.78 is 27.6. The zero-order chi connectivity index (χ0) is 19.0. The first-order valence-electron chi connectivity index (χ1n) is 9.47. The van der Waals surface area contributed by atoms with Crippen LogP contribution in [0, 0.1) is 5.92 Å². The summed E-state index contributed by atoms with van der Waals surface area (Å²) in [7, 11) is -3.62. The summed E-state index contributed by atoms with van der Waals surface area (Å²) in [6.07, 6.45) is 2.76. The van der Waals surface area contributed by atoms with E-state index >= 15 is 0 Å². The van der Waals surface area contributed by atoms with Crippen LogP contribution in [0.5, 0.6) is 0 Å². The van der Waals surface area contributed by atoms with E-state index in [4.69, 9.17) is 0 Å². The highest BCUT2D eigenvalue weighted by atomic mass is 32.2. The zero-order valence-electron chi connectivity index (χ0n) is 15.5. The van der Waals surface area contributed by atoms with Crippen molar-refractivity contribution in [1.29, 1.82) is 0 Å². The Bertz CT molecular complexity index is 946. The van der Waals surface area contributed by atoms with Crippen LogP contribution in [0.4, 0.5) is 5.69 Å². The molecule has 5 nitrogen and oxygen atoms in total. The monoisotopic (exact) mass is 384 g/mol. The maximum Gasteiger partial charge on any atom is 0.264 e. The van der Waals surface area contributed by atoms with E-state index in [0.29, 0.717) is 18.0 Å². The first-order valence-corrected chi connectivity index (χ1v) is 10.9. The molecule has 1 saturated heterocycles. The van der Waals surface area contributed by atoms with Gasteiger partial charge in [-0.05, 0) is 61.1 Å². The Morgan fingerprint density at radius 2 is 1.63 bits per heavy atom. The molecular formula is C21H24N2O3S. The maximum atomic E-state index is 13.0. The number of anilines is 1. The minimum Gasteiger partial charge on any atom is -0.339 e. The number of likely N-dealkylation sites (tertiary alicyclic amines) is 1. The van der Waals surface area contributed by atoms with Gasteiger partial charge in [-0.2, -0.15) is 0 Å². The van der Waals surface area contributed by atoms with E-state index in [1.165, 1.54) is 4.31 Å². The Kier molecular flexibility index (Phi) is 4.68. The van der Waals surface area contributed by atoms with Crippen LogP contribution in [0.15, 0.2) is 53.4 Å². The topological polar surface area (TPSA) is 57.7 Å². The van der Waals surface area contributed by atoms with Gasteiger partial charge in [0.2, 0.25) is 0 Å². The highest BCUT2D eigenvalue weighted by Gasteiger charge is 2.31. The van der Waals surface area contributed by atoms with Crippen LogP contribution in [-0.4, -0.2) is 38.9 Å². The molecule has 0 bridgehead atoms. The number of piperidine rings is 1. The van der Waals surface area contributed by atoms with Crippen molar-refractivity contribution in [3.63, 3.8) is 0 Å². The van der Waals surface area contributed by atoms with Crippen molar-refractivity contribution in [1.82, 2.24) is 4.90 Å². The van der Waals surface area contributed by atoms with Crippen molar-refractivity contribution in [3.05, 3.63) is 59.7 Å². The predicted octanol–water partition coefficient (Wildman–Crippen LogP) is 3.31. The molecule has 1 amide bonds. The third kappa shape index (κ3) is 3.34. The normalized spacial score (nSPS) is 17.8. The molecule has 2 aromatic rings. The van der Waals surface area contributed by atoms with E-state index in [9.17, 15) is 13.2 Å². The number of carbonyl (C=O) groups excluding carboxylic acids is 1. The predicted molar refractivity (Wildman–Crippen MR) is 105 cm³/mol. The second-order valence-corrected chi connectivity index (χ2v) is 9.32. The number of amides is 1. The van der Waals surface area contributed by atoms with Gasteiger partial charge in [-0.25, -0.2) is 8.42 Å². The van der Waals surface area contributed by atoms with Gasteiger partial charge in [0.25, 0.3) is 15.9 Å². The highest BCUT2D eigenvalue weighted by Crippen LogP contribution is 2.32. The number of nitrogens with zero attached hydrogens (tertiary/aromatic N) is 2. The largest absolute Gasteiger partial charge is 0.339 e. The van der Waals surface area contributed by atoms with Gasteiger partial charge in [0, 0.05) is 25.2 Å². The smallest absolute Gasteiger partial charge is 0.264 e. The Morgan fingerprint density at radius 1 is 0.963 bits per heavy atom. The molecule has 0 aliphatic carbocycles. The van der Waals surface area contributed by atoms with Crippen LogP contribution >= 0.6 is 0 Å². The van der Waals surface area contributed by atoms with Gasteiger partial charge in [-0.1, -0.05) is 25.1 Å². The van der Waals surface area contributed by atoms with Crippen LogP contribution < -0.4 is 4.31 Å². The molecule has 0 unspecified atom stereocenters.